The fourth-order valence-corrected chi connectivity index (χ4v) is 8.02. The summed E-state index contributed by atoms with van der Waals surface area (Å²) in [6.07, 6.45) is 2.44. The Bertz CT molecular complexity index is 1270. The summed E-state index contributed by atoms with van der Waals surface area (Å²) in [4.78, 5) is 21.9. The van der Waals surface area contributed by atoms with Crippen molar-refractivity contribution in [2.75, 3.05) is 29.9 Å². The molecule has 1 unspecified atom stereocenters. The lowest BCUT2D eigenvalue weighted by Gasteiger charge is -2.37. The van der Waals surface area contributed by atoms with E-state index >= 15 is 0 Å². The van der Waals surface area contributed by atoms with E-state index in [2.05, 4.69) is 92.6 Å². The molecule has 1 aromatic carbocycles. The number of anilines is 3. The zero-order valence-corrected chi connectivity index (χ0v) is 26.9. The Morgan fingerprint density at radius 1 is 1.22 bits per heavy atom. The summed E-state index contributed by atoms with van der Waals surface area (Å²) in [5.41, 5.74) is 1.73. The van der Waals surface area contributed by atoms with Crippen LogP contribution in [0.5, 0.6) is 0 Å². The van der Waals surface area contributed by atoms with E-state index in [1.165, 1.54) is 0 Å². The van der Waals surface area contributed by atoms with E-state index in [0.717, 1.165) is 40.7 Å². The molecule has 3 heterocycles. The van der Waals surface area contributed by atoms with Gasteiger partial charge in [-0.05, 0) is 66.2 Å². The number of hydrogen-bond acceptors (Lipinski definition) is 10. The van der Waals surface area contributed by atoms with Gasteiger partial charge in [0.25, 0.3) is 8.53 Å². The van der Waals surface area contributed by atoms with Crippen LogP contribution in [-0.2, 0) is 13.8 Å². The molecule has 0 amide bonds. The summed E-state index contributed by atoms with van der Waals surface area (Å²) in [6.45, 7) is 17.0. The molecule has 2 aromatic rings. The zero-order chi connectivity index (χ0) is 29.7. The first kappa shape index (κ1) is 31.7. The lowest BCUT2D eigenvalue weighted by molar-refractivity contribution is -0.0203. The standard InChI is InChI=1S/C29H43N6O4PS/c1-8-23-24(39-40(37-15-11-14-30)35(19(4)5)20(6)7)17-27(38-23)34-18-26-28(32-29(34)36)31-22-16-21(33(9-2)10-3)12-13-25(22)41-26/h12-13,16,18-20,23-24,27H,8-11,15,17H2,1-7H3,(H,31,32,36)/t23-,24-,27-,40?/m1/s1. The van der Waals surface area contributed by atoms with Crippen LogP contribution in [0.4, 0.5) is 17.2 Å². The first-order valence-corrected chi connectivity index (χ1v) is 16.5. The Balaban J connectivity index is 1.54. The van der Waals surface area contributed by atoms with Crippen LogP contribution in [0.15, 0.2) is 39.0 Å². The zero-order valence-electron chi connectivity index (χ0n) is 25.2. The predicted molar refractivity (Wildman–Crippen MR) is 165 cm³/mol. The fourth-order valence-electron chi connectivity index (χ4n) is 5.31. The van der Waals surface area contributed by atoms with Gasteiger partial charge in [-0.15, -0.1) is 0 Å². The van der Waals surface area contributed by atoms with Crippen molar-refractivity contribution < 1.29 is 13.8 Å². The van der Waals surface area contributed by atoms with Gasteiger partial charge in [0, 0.05) is 48.4 Å². The number of benzene rings is 1. The van der Waals surface area contributed by atoms with Gasteiger partial charge in [-0.3, -0.25) is 4.57 Å². The van der Waals surface area contributed by atoms with Crippen LogP contribution in [0.1, 0.15) is 74.0 Å². The van der Waals surface area contributed by atoms with Crippen molar-refractivity contribution in [1.29, 1.82) is 5.26 Å². The van der Waals surface area contributed by atoms with Gasteiger partial charge in [-0.2, -0.15) is 10.2 Å². The van der Waals surface area contributed by atoms with Crippen molar-refractivity contribution in [3.05, 3.63) is 34.9 Å². The smallest absolute Gasteiger partial charge is 0.351 e. The van der Waals surface area contributed by atoms with Gasteiger partial charge in [0.15, 0.2) is 5.82 Å². The normalized spacial score (nSPS) is 20.6. The second kappa shape index (κ2) is 14.3. The molecule has 12 heteroatoms. The molecule has 1 saturated heterocycles. The summed E-state index contributed by atoms with van der Waals surface area (Å²) < 4.78 is 22.9. The van der Waals surface area contributed by atoms with Crippen LogP contribution in [0, 0.1) is 11.3 Å². The van der Waals surface area contributed by atoms with Crippen LogP contribution in [0.25, 0.3) is 0 Å². The molecule has 10 nitrogen and oxygen atoms in total. The highest BCUT2D eigenvalue weighted by molar-refractivity contribution is 7.99. The predicted octanol–water partition coefficient (Wildman–Crippen LogP) is 6.66. The maximum absolute atomic E-state index is 13.3. The van der Waals surface area contributed by atoms with E-state index in [0.29, 0.717) is 25.3 Å². The van der Waals surface area contributed by atoms with E-state index in [-0.39, 0.29) is 30.0 Å². The topological polar surface area (TPSA) is 105 Å². The van der Waals surface area contributed by atoms with E-state index in [1.807, 2.05) is 6.20 Å². The molecule has 1 N–H and O–H groups in total. The molecule has 0 spiro atoms. The first-order valence-electron chi connectivity index (χ1n) is 14.6. The molecular weight excluding hydrogens is 559 g/mol. The summed E-state index contributed by atoms with van der Waals surface area (Å²) in [5, 5.41) is 12.4. The lowest BCUT2D eigenvalue weighted by atomic mass is 10.1. The number of ether oxygens (including phenoxy) is 1. The average molecular weight is 603 g/mol. The average Bonchev–Trinajstić information content (AvgIpc) is 3.34. The van der Waals surface area contributed by atoms with Crippen LogP contribution >= 0.6 is 20.3 Å². The number of nitriles is 1. The van der Waals surface area contributed by atoms with Gasteiger partial charge in [-0.1, -0.05) is 18.7 Å². The van der Waals surface area contributed by atoms with Crippen molar-refractivity contribution in [2.24, 2.45) is 0 Å². The Labute approximate surface area is 249 Å². The van der Waals surface area contributed by atoms with Crippen molar-refractivity contribution in [2.45, 2.75) is 108 Å². The van der Waals surface area contributed by atoms with Gasteiger partial charge in [0.1, 0.15) is 6.23 Å². The molecule has 4 atom stereocenters. The highest BCUT2D eigenvalue weighted by Crippen LogP contribution is 2.50. The maximum atomic E-state index is 13.3. The molecule has 0 radical (unpaired) electrons. The van der Waals surface area contributed by atoms with E-state index < -0.39 is 14.8 Å². The van der Waals surface area contributed by atoms with Crippen molar-refractivity contribution in [1.82, 2.24) is 14.2 Å². The molecule has 41 heavy (non-hydrogen) atoms. The lowest BCUT2D eigenvalue weighted by Crippen LogP contribution is -2.35. The third-order valence-electron chi connectivity index (χ3n) is 7.26. The first-order chi connectivity index (χ1) is 19.7. The number of rotatable bonds is 13. The highest BCUT2D eigenvalue weighted by Gasteiger charge is 2.41. The molecule has 0 aliphatic carbocycles. The number of fused-ring (bicyclic) bond motifs is 2. The SMILES string of the molecule is CC[C@H]1O[C@@H](n2cc3c(nc2=O)Nc2cc(N(CC)CC)ccc2S3)C[C@H]1OP(OCCC#N)N(C(C)C)C(C)C. The van der Waals surface area contributed by atoms with Crippen molar-refractivity contribution >= 4 is 37.5 Å². The van der Waals surface area contributed by atoms with Crippen LogP contribution in [0.3, 0.4) is 0 Å². The van der Waals surface area contributed by atoms with Gasteiger partial charge < -0.3 is 24.0 Å². The molecular formula is C29H43N6O4PS. The minimum Gasteiger partial charge on any atom is -0.372 e. The third kappa shape index (κ3) is 7.24. The van der Waals surface area contributed by atoms with Crippen LogP contribution in [-0.4, -0.2) is 58.2 Å². The summed E-state index contributed by atoms with van der Waals surface area (Å²) >= 11 is 1.60. The molecule has 2 aliphatic rings. The fraction of sp³-hybridized carbons (Fsp3) is 0.621. The van der Waals surface area contributed by atoms with Crippen molar-refractivity contribution in [3.63, 3.8) is 0 Å². The second-order valence-corrected chi connectivity index (χ2v) is 13.2. The third-order valence-corrected chi connectivity index (χ3v) is 10.5. The van der Waals surface area contributed by atoms with Crippen molar-refractivity contribution in [3.8, 4) is 6.07 Å². The van der Waals surface area contributed by atoms with Gasteiger partial charge in [0.2, 0.25) is 0 Å². The van der Waals surface area contributed by atoms with Gasteiger partial charge >= 0.3 is 5.69 Å². The van der Waals surface area contributed by atoms with E-state index in [9.17, 15) is 4.79 Å². The van der Waals surface area contributed by atoms with E-state index in [1.54, 1.807) is 16.3 Å². The highest BCUT2D eigenvalue weighted by atomic mass is 32.2. The molecule has 2 aliphatic heterocycles. The summed E-state index contributed by atoms with van der Waals surface area (Å²) in [6, 6.07) is 8.91. The molecule has 4 rings (SSSR count). The largest absolute Gasteiger partial charge is 0.372 e. The van der Waals surface area contributed by atoms with E-state index in [4.69, 9.17) is 19.0 Å². The Morgan fingerprint density at radius 2 is 1.95 bits per heavy atom. The second-order valence-electron chi connectivity index (χ2n) is 10.7. The Morgan fingerprint density at radius 3 is 2.59 bits per heavy atom. The monoisotopic (exact) mass is 602 g/mol. The quantitative estimate of drug-likeness (QED) is 0.169. The number of nitrogens with zero attached hydrogens (tertiary/aromatic N) is 5. The Hall–Kier alpha value is -2.19. The maximum Gasteiger partial charge on any atom is 0.351 e. The van der Waals surface area contributed by atoms with Gasteiger partial charge in [0.05, 0.1) is 41.9 Å². The number of nitrogens with one attached hydrogen (secondary N) is 1. The minimum absolute atomic E-state index is 0.196. The summed E-state index contributed by atoms with van der Waals surface area (Å²) in [5.74, 6) is 0.567. The van der Waals surface area contributed by atoms with Gasteiger partial charge in [-0.25, -0.2) is 9.46 Å². The molecule has 224 valence electrons. The summed E-state index contributed by atoms with van der Waals surface area (Å²) in [7, 11) is -1.42. The molecule has 0 bridgehead atoms. The van der Waals surface area contributed by atoms with Crippen LogP contribution in [0.2, 0.25) is 0 Å². The molecule has 0 saturated carbocycles. The Kier molecular flexibility index (Phi) is 11.1. The molecule has 1 fully saturated rings. The molecule has 1 aromatic heterocycles. The minimum atomic E-state index is -1.42. The number of hydrogen-bond donors (Lipinski definition) is 1. The number of aromatic nitrogens is 2. The van der Waals surface area contributed by atoms with Crippen LogP contribution < -0.4 is 15.9 Å².